The molecule has 0 aromatic heterocycles. The molecule has 7 nitrogen and oxygen atoms in total. The summed E-state index contributed by atoms with van der Waals surface area (Å²) in [6.07, 6.45) is 19.2. The van der Waals surface area contributed by atoms with Crippen molar-refractivity contribution < 1.29 is 34.3 Å². The molecule has 1 saturated carbocycles. The zero-order chi connectivity index (χ0) is 34.7. The van der Waals surface area contributed by atoms with E-state index in [1.165, 1.54) is 11.1 Å². The van der Waals surface area contributed by atoms with Gasteiger partial charge in [-0.2, -0.15) is 0 Å². The van der Waals surface area contributed by atoms with Crippen molar-refractivity contribution in [2.24, 2.45) is 17.8 Å². The molecule has 5 rings (SSSR count). The van der Waals surface area contributed by atoms with Gasteiger partial charge in [-0.3, -0.25) is 0 Å². The number of allylic oxidation sites excluding steroid dienone is 8. The van der Waals surface area contributed by atoms with E-state index in [1.54, 1.807) is 6.08 Å². The van der Waals surface area contributed by atoms with Crippen molar-refractivity contribution in [1.29, 1.82) is 0 Å². The first-order valence-corrected chi connectivity index (χ1v) is 18.8. The van der Waals surface area contributed by atoms with E-state index in [-0.39, 0.29) is 49.0 Å². The molecule has 0 aromatic rings. The van der Waals surface area contributed by atoms with Gasteiger partial charge in [0.2, 0.25) is 0 Å². The predicted octanol–water partition coefficient (Wildman–Crippen LogP) is 7.30. The molecule has 1 aliphatic carbocycles. The van der Waals surface area contributed by atoms with E-state index in [0.717, 1.165) is 51.4 Å². The molecule has 4 aliphatic heterocycles. The summed E-state index contributed by atoms with van der Waals surface area (Å²) in [5, 5.41) is 34.2. The van der Waals surface area contributed by atoms with Crippen molar-refractivity contribution in [1.82, 2.24) is 0 Å². The number of hydrogen-bond donors (Lipinski definition) is 3. The molecule has 0 amide bonds. The Morgan fingerprint density at radius 3 is 2.40 bits per heavy atom. The molecule has 4 heterocycles. The zero-order valence-electron chi connectivity index (χ0n) is 30.3. The Morgan fingerprint density at radius 1 is 0.896 bits per heavy atom. The third-order valence-electron chi connectivity index (χ3n) is 12.7. The molecule has 48 heavy (non-hydrogen) atoms. The topological polar surface area (TPSA) is 97.6 Å². The predicted molar refractivity (Wildman–Crippen MR) is 191 cm³/mol. The Labute approximate surface area is 290 Å². The first-order valence-electron chi connectivity index (χ1n) is 18.8. The van der Waals surface area contributed by atoms with Gasteiger partial charge in [0.15, 0.2) is 0 Å². The Morgan fingerprint density at radius 2 is 1.67 bits per heavy atom. The first-order chi connectivity index (χ1) is 22.8. The fourth-order valence-corrected chi connectivity index (χ4v) is 9.42. The molecule has 0 radical (unpaired) electrons. The second-order valence-corrected chi connectivity index (χ2v) is 16.2. The molecular weight excluding hydrogens is 604 g/mol. The molecule has 0 spiro atoms. The van der Waals surface area contributed by atoms with Crippen molar-refractivity contribution in [2.75, 3.05) is 6.61 Å². The standard InChI is InChI=1S/C41H64O7/c1-8-10-11-12-16-31-23-30-18-21-41(26-42)37(45-34(30)19-20-39(31,6)44)24-35-38(48-41)32(43)25-40(7)36(46-35)22-29(5)33(47-40)17-13-15-28(4)27(3)14-9-2/h8-11,14-15,29-38,42-44H,1-2,12-13,16-26H2,3-7H3/b11-10-,27-14?,28-15+. The summed E-state index contributed by atoms with van der Waals surface area (Å²) in [6.45, 7) is 18.0. The molecule has 5 fully saturated rings. The van der Waals surface area contributed by atoms with Gasteiger partial charge in [-0.25, -0.2) is 0 Å². The molecule has 4 saturated heterocycles. The normalized spacial score (nSPS) is 45.5. The summed E-state index contributed by atoms with van der Waals surface area (Å²) in [5.74, 6) is 0.750. The molecule has 0 bridgehead atoms. The minimum absolute atomic E-state index is 0.0164. The van der Waals surface area contributed by atoms with E-state index in [1.807, 2.05) is 25.2 Å². The average molecular weight is 669 g/mol. The lowest BCUT2D eigenvalue weighted by molar-refractivity contribution is -0.284. The van der Waals surface area contributed by atoms with Gasteiger partial charge in [0, 0.05) is 12.8 Å². The van der Waals surface area contributed by atoms with Gasteiger partial charge in [-0.15, -0.1) is 0 Å². The number of aliphatic hydroxyl groups is 3. The summed E-state index contributed by atoms with van der Waals surface area (Å²) in [6, 6.07) is 0. The molecule has 13 unspecified atom stereocenters. The lowest BCUT2D eigenvalue weighted by atomic mass is 9.77. The maximum absolute atomic E-state index is 11.8. The van der Waals surface area contributed by atoms with E-state index < -0.39 is 29.0 Å². The maximum Gasteiger partial charge on any atom is 0.118 e. The van der Waals surface area contributed by atoms with Gasteiger partial charge in [-0.05, 0) is 115 Å². The monoisotopic (exact) mass is 668 g/mol. The average Bonchev–Trinajstić information content (AvgIpc) is 3.31. The maximum atomic E-state index is 11.8. The van der Waals surface area contributed by atoms with Crippen molar-refractivity contribution >= 4 is 0 Å². The van der Waals surface area contributed by atoms with E-state index in [4.69, 9.17) is 18.9 Å². The highest BCUT2D eigenvalue weighted by atomic mass is 16.6. The fourth-order valence-electron chi connectivity index (χ4n) is 9.42. The van der Waals surface area contributed by atoms with Gasteiger partial charge in [0.25, 0.3) is 0 Å². The Kier molecular flexibility index (Phi) is 12.4. The Bertz CT molecular complexity index is 1210. The van der Waals surface area contributed by atoms with Gasteiger partial charge < -0.3 is 34.3 Å². The Hall–Kier alpha value is -1.58. The minimum atomic E-state index is -0.891. The summed E-state index contributed by atoms with van der Waals surface area (Å²) in [7, 11) is 0. The summed E-state index contributed by atoms with van der Waals surface area (Å²) in [4.78, 5) is 0. The quantitative estimate of drug-likeness (QED) is 0.210. The van der Waals surface area contributed by atoms with Crippen LogP contribution in [0.1, 0.15) is 112 Å². The lowest BCUT2D eigenvalue weighted by Crippen LogP contribution is -2.62. The third kappa shape index (κ3) is 8.14. The van der Waals surface area contributed by atoms with Crippen LogP contribution in [0.15, 0.2) is 60.8 Å². The molecule has 3 N–H and O–H groups in total. The number of aliphatic hydroxyl groups excluding tert-OH is 2. The molecule has 13 atom stereocenters. The first kappa shape index (κ1) is 37.7. The van der Waals surface area contributed by atoms with Gasteiger partial charge in [0.1, 0.15) is 11.7 Å². The molecule has 5 aliphatic rings. The highest BCUT2D eigenvalue weighted by Crippen LogP contribution is 2.50. The summed E-state index contributed by atoms with van der Waals surface area (Å²) < 4.78 is 27.6. The van der Waals surface area contributed by atoms with E-state index >= 15 is 0 Å². The van der Waals surface area contributed by atoms with Crippen molar-refractivity contribution in [3.8, 4) is 0 Å². The van der Waals surface area contributed by atoms with Crippen molar-refractivity contribution in [3.63, 3.8) is 0 Å². The van der Waals surface area contributed by atoms with Crippen LogP contribution in [0.5, 0.6) is 0 Å². The van der Waals surface area contributed by atoms with Crippen LogP contribution in [0.3, 0.4) is 0 Å². The van der Waals surface area contributed by atoms with E-state index in [9.17, 15) is 15.3 Å². The van der Waals surface area contributed by atoms with Crippen LogP contribution in [0.2, 0.25) is 0 Å². The highest BCUT2D eigenvalue weighted by molar-refractivity contribution is 5.29. The van der Waals surface area contributed by atoms with E-state index in [0.29, 0.717) is 31.6 Å². The minimum Gasteiger partial charge on any atom is -0.393 e. The molecule has 270 valence electrons. The van der Waals surface area contributed by atoms with Crippen molar-refractivity contribution in [3.05, 3.63) is 60.8 Å². The molecule has 0 aromatic carbocycles. The lowest BCUT2D eigenvalue weighted by Gasteiger charge is -2.49. The van der Waals surface area contributed by atoms with Gasteiger partial charge >= 0.3 is 0 Å². The van der Waals surface area contributed by atoms with Crippen LogP contribution in [0.25, 0.3) is 0 Å². The molecule has 7 heteroatoms. The number of rotatable bonds is 10. The number of fused-ring (bicyclic) bond motifs is 4. The molecular formula is C41H64O7. The SMILES string of the molecule is C=CC=C(C)/C(C)=C/CCC1OC2(C)CC(O)C3OC4(CO)CCC5CC(CC/C=C\C=C)C(C)(O)CCC5OC4CC3OC2CC1C. The van der Waals surface area contributed by atoms with Crippen LogP contribution < -0.4 is 0 Å². The second-order valence-electron chi connectivity index (χ2n) is 16.2. The van der Waals surface area contributed by atoms with Crippen LogP contribution in [-0.2, 0) is 18.9 Å². The Balaban J connectivity index is 1.29. The second kappa shape index (κ2) is 15.8. The van der Waals surface area contributed by atoms with Crippen LogP contribution >= 0.6 is 0 Å². The van der Waals surface area contributed by atoms with Crippen LogP contribution in [0.4, 0.5) is 0 Å². The largest absolute Gasteiger partial charge is 0.393 e. The smallest absolute Gasteiger partial charge is 0.118 e. The summed E-state index contributed by atoms with van der Waals surface area (Å²) >= 11 is 0. The highest BCUT2D eigenvalue weighted by Gasteiger charge is 2.59. The number of hydrogen-bond acceptors (Lipinski definition) is 7. The van der Waals surface area contributed by atoms with E-state index in [2.05, 4.69) is 53.0 Å². The third-order valence-corrected chi connectivity index (χ3v) is 12.7. The van der Waals surface area contributed by atoms with Crippen LogP contribution in [0, 0.1) is 17.8 Å². The van der Waals surface area contributed by atoms with Crippen molar-refractivity contribution in [2.45, 2.75) is 171 Å². The zero-order valence-corrected chi connectivity index (χ0v) is 30.3. The van der Waals surface area contributed by atoms with Gasteiger partial charge in [-0.1, -0.05) is 62.1 Å². The number of ether oxygens (including phenoxy) is 4. The van der Waals surface area contributed by atoms with Gasteiger partial charge in [0.05, 0.1) is 54.4 Å². The summed E-state index contributed by atoms with van der Waals surface area (Å²) in [5.41, 5.74) is 0.198. The fraction of sp³-hybridized carbons (Fsp3) is 0.756. The van der Waals surface area contributed by atoms with Crippen LogP contribution in [-0.4, -0.2) is 81.5 Å².